The number of carbonyl (C=O) groups excluding carboxylic acids is 1. The number of morpholine rings is 1. The van der Waals surface area contributed by atoms with Crippen molar-refractivity contribution in [2.75, 3.05) is 46.5 Å². The molecule has 0 atom stereocenters. The Bertz CT molecular complexity index is 1090. The fourth-order valence-corrected chi connectivity index (χ4v) is 4.96. The minimum atomic E-state index is -0.484. The molecule has 1 aromatic heterocycles. The fraction of sp³-hybridized carbons (Fsp3) is 0.364. The standard InChI is InChI=1S/C22H23N3O6S2/c1-29-15-3-5-17(18(13-15)25(27)28)19-6-4-16(31-19)14-20-21(26)24(22(32)33-20)8-2-7-23-9-11-30-12-10-23/h3-6,13-14H,2,7-12H2,1H3/b20-14+. The number of nitro groups is 1. The van der Waals surface area contributed by atoms with Gasteiger partial charge in [-0.3, -0.25) is 24.7 Å². The number of hydrogen-bond donors (Lipinski definition) is 0. The maximum Gasteiger partial charge on any atom is 0.284 e. The smallest absolute Gasteiger partial charge is 0.284 e. The molecule has 11 heteroatoms. The van der Waals surface area contributed by atoms with E-state index in [4.69, 9.17) is 26.1 Å². The lowest BCUT2D eigenvalue weighted by Crippen LogP contribution is -2.38. The summed E-state index contributed by atoms with van der Waals surface area (Å²) in [5.74, 6) is 0.982. The van der Waals surface area contributed by atoms with Crippen LogP contribution in [0.2, 0.25) is 0 Å². The highest BCUT2D eigenvalue weighted by Crippen LogP contribution is 2.36. The van der Waals surface area contributed by atoms with Gasteiger partial charge in [-0.2, -0.15) is 0 Å². The van der Waals surface area contributed by atoms with Gasteiger partial charge in [0.2, 0.25) is 0 Å². The Labute approximate surface area is 200 Å². The third kappa shape index (κ3) is 5.44. The third-order valence-electron chi connectivity index (χ3n) is 5.40. The number of nitrogens with zero attached hydrogens (tertiary/aromatic N) is 3. The van der Waals surface area contributed by atoms with E-state index in [-0.39, 0.29) is 11.6 Å². The van der Waals surface area contributed by atoms with Gasteiger partial charge in [0.25, 0.3) is 11.6 Å². The van der Waals surface area contributed by atoms with Gasteiger partial charge in [-0.25, -0.2) is 0 Å². The molecule has 0 unspecified atom stereocenters. The van der Waals surface area contributed by atoms with E-state index >= 15 is 0 Å². The molecular weight excluding hydrogens is 466 g/mol. The van der Waals surface area contributed by atoms with Gasteiger partial charge < -0.3 is 13.9 Å². The molecule has 4 rings (SSSR count). The first-order valence-electron chi connectivity index (χ1n) is 10.4. The zero-order valence-electron chi connectivity index (χ0n) is 18.0. The molecule has 33 heavy (non-hydrogen) atoms. The number of furan rings is 1. The van der Waals surface area contributed by atoms with Crippen molar-refractivity contribution in [1.82, 2.24) is 9.80 Å². The van der Waals surface area contributed by atoms with Crippen LogP contribution >= 0.6 is 24.0 Å². The largest absolute Gasteiger partial charge is 0.497 e. The lowest BCUT2D eigenvalue weighted by molar-refractivity contribution is -0.384. The van der Waals surface area contributed by atoms with E-state index in [0.29, 0.717) is 38.6 Å². The van der Waals surface area contributed by atoms with E-state index in [1.807, 2.05) is 0 Å². The first-order chi connectivity index (χ1) is 16.0. The SMILES string of the molecule is COc1ccc(-c2ccc(/C=C3/SC(=S)N(CCCN4CCOCC4)C3=O)o2)c([N+](=O)[O-])c1. The molecule has 2 fully saturated rings. The zero-order chi connectivity index (χ0) is 23.4. The predicted molar refractivity (Wildman–Crippen MR) is 129 cm³/mol. The minimum absolute atomic E-state index is 0.123. The summed E-state index contributed by atoms with van der Waals surface area (Å²) in [6, 6.07) is 7.87. The van der Waals surface area contributed by atoms with Gasteiger partial charge in [-0.05, 0) is 30.7 Å². The Morgan fingerprint density at radius 1 is 1.24 bits per heavy atom. The summed E-state index contributed by atoms with van der Waals surface area (Å²) in [5.41, 5.74) is 0.206. The summed E-state index contributed by atoms with van der Waals surface area (Å²) >= 11 is 6.64. The number of nitro benzene ring substituents is 1. The second-order valence-electron chi connectivity index (χ2n) is 7.48. The van der Waals surface area contributed by atoms with Crippen molar-refractivity contribution in [2.24, 2.45) is 0 Å². The maximum atomic E-state index is 12.9. The van der Waals surface area contributed by atoms with Gasteiger partial charge in [-0.15, -0.1) is 0 Å². The molecule has 3 heterocycles. The molecule has 2 saturated heterocycles. The number of benzene rings is 1. The number of methoxy groups -OCH3 is 1. The molecular formula is C22H23N3O6S2. The van der Waals surface area contributed by atoms with Gasteiger partial charge in [0.1, 0.15) is 21.6 Å². The van der Waals surface area contributed by atoms with Crippen molar-refractivity contribution in [3.63, 3.8) is 0 Å². The number of amides is 1. The molecule has 2 aromatic rings. The van der Waals surface area contributed by atoms with Crippen LogP contribution < -0.4 is 4.74 Å². The number of rotatable bonds is 8. The van der Waals surface area contributed by atoms with Gasteiger partial charge in [0.05, 0.1) is 41.8 Å². The number of thioether (sulfide) groups is 1. The molecule has 174 valence electrons. The highest BCUT2D eigenvalue weighted by Gasteiger charge is 2.32. The van der Waals surface area contributed by atoms with Crippen LogP contribution in [0.15, 0.2) is 39.7 Å². The average Bonchev–Trinajstić information content (AvgIpc) is 3.39. The van der Waals surface area contributed by atoms with Gasteiger partial charge in [-0.1, -0.05) is 24.0 Å². The molecule has 0 saturated carbocycles. The molecule has 1 amide bonds. The third-order valence-corrected chi connectivity index (χ3v) is 6.78. The van der Waals surface area contributed by atoms with Crippen LogP contribution in [-0.2, 0) is 9.53 Å². The Morgan fingerprint density at radius 3 is 2.76 bits per heavy atom. The average molecular weight is 490 g/mol. The van der Waals surface area contributed by atoms with Crippen molar-refractivity contribution in [2.45, 2.75) is 6.42 Å². The Hall–Kier alpha value is -2.73. The summed E-state index contributed by atoms with van der Waals surface area (Å²) in [7, 11) is 1.45. The van der Waals surface area contributed by atoms with Crippen molar-refractivity contribution >= 4 is 46.0 Å². The van der Waals surface area contributed by atoms with Crippen molar-refractivity contribution < 1.29 is 23.6 Å². The quantitative estimate of drug-likeness (QED) is 0.237. The van der Waals surface area contributed by atoms with E-state index < -0.39 is 4.92 Å². The summed E-state index contributed by atoms with van der Waals surface area (Å²) in [6.07, 6.45) is 2.45. The van der Waals surface area contributed by atoms with Gasteiger partial charge >= 0.3 is 0 Å². The van der Waals surface area contributed by atoms with Gasteiger partial charge in [0, 0.05) is 32.3 Å². The van der Waals surface area contributed by atoms with E-state index in [0.717, 1.165) is 39.3 Å². The van der Waals surface area contributed by atoms with Crippen LogP contribution in [0.5, 0.6) is 5.75 Å². The monoisotopic (exact) mass is 489 g/mol. The molecule has 0 N–H and O–H groups in total. The highest BCUT2D eigenvalue weighted by atomic mass is 32.2. The number of ether oxygens (including phenoxy) is 2. The van der Waals surface area contributed by atoms with E-state index in [1.54, 1.807) is 35.2 Å². The molecule has 9 nitrogen and oxygen atoms in total. The first-order valence-corrected chi connectivity index (χ1v) is 11.7. The van der Waals surface area contributed by atoms with E-state index in [9.17, 15) is 14.9 Å². The van der Waals surface area contributed by atoms with Crippen LogP contribution in [0.25, 0.3) is 17.4 Å². The maximum absolute atomic E-state index is 12.9. The second-order valence-corrected chi connectivity index (χ2v) is 9.16. The summed E-state index contributed by atoms with van der Waals surface area (Å²) < 4.78 is 16.8. The lowest BCUT2D eigenvalue weighted by Gasteiger charge is -2.27. The van der Waals surface area contributed by atoms with Gasteiger partial charge in [0.15, 0.2) is 0 Å². The van der Waals surface area contributed by atoms with Crippen LogP contribution in [0.1, 0.15) is 12.2 Å². The van der Waals surface area contributed by atoms with E-state index in [1.165, 1.54) is 24.9 Å². The Morgan fingerprint density at radius 2 is 2.03 bits per heavy atom. The first kappa shape index (κ1) is 23.4. The molecule has 0 bridgehead atoms. The normalized spacial score (nSPS) is 18.3. The Kier molecular flexibility index (Phi) is 7.43. The molecule has 2 aliphatic heterocycles. The fourth-order valence-electron chi connectivity index (χ4n) is 3.67. The predicted octanol–water partition coefficient (Wildman–Crippen LogP) is 3.79. The van der Waals surface area contributed by atoms with Crippen molar-refractivity contribution in [3.05, 3.63) is 51.1 Å². The molecule has 0 radical (unpaired) electrons. The second kappa shape index (κ2) is 10.5. The van der Waals surface area contributed by atoms with Crippen molar-refractivity contribution in [1.29, 1.82) is 0 Å². The van der Waals surface area contributed by atoms with Crippen LogP contribution in [0.3, 0.4) is 0 Å². The molecule has 2 aliphatic rings. The summed E-state index contributed by atoms with van der Waals surface area (Å²) in [5, 5.41) is 11.5. The minimum Gasteiger partial charge on any atom is -0.497 e. The van der Waals surface area contributed by atoms with E-state index in [2.05, 4.69) is 4.90 Å². The Balaban J connectivity index is 1.44. The summed E-state index contributed by atoms with van der Waals surface area (Å²) in [4.78, 5) is 28.3. The van der Waals surface area contributed by atoms with Crippen LogP contribution in [-0.4, -0.2) is 71.5 Å². The van der Waals surface area contributed by atoms with Crippen LogP contribution in [0.4, 0.5) is 5.69 Å². The molecule has 0 spiro atoms. The molecule has 0 aliphatic carbocycles. The van der Waals surface area contributed by atoms with Crippen molar-refractivity contribution in [3.8, 4) is 17.1 Å². The molecule has 1 aromatic carbocycles. The zero-order valence-corrected chi connectivity index (χ0v) is 19.7. The lowest BCUT2D eigenvalue weighted by atomic mass is 10.1. The summed E-state index contributed by atoms with van der Waals surface area (Å²) in [6.45, 7) is 4.75. The number of carbonyl (C=O) groups is 1. The van der Waals surface area contributed by atoms with Crippen LogP contribution in [0, 0.1) is 10.1 Å². The topological polar surface area (TPSA) is 98.3 Å². The highest BCUT2D eigenvalue weighted by molar-refractivity contribution is 8.26. The number of hydrogen-bond acceptors (Lipinski definition) is 9. The number of thiocarbonyl (C=S) groups is 1.